The number of hydrogen-bond donors (Lipinski definition) is 2. The number of hydrogen-bond acceptors (Lipinski definition) is 2. The molecule has 0 aromatic heterocycles. The Morgan fingerprint density at radius 2 is 1.62 bits per heavy atom. The van der Waals surface area contributed by atoms with Crippen molar-refractivity contribution in [2.45, 2.75) is 53.0 Å². The van der Waals surface area contributed by atoms with Crippen LogP contribution in [0.15, 0.2) is 12.2 Å². The third kappa shape index (κ3) is 6.29. The molecule has 0 aliphatic carbocycles. The molecule has 0 aliphatic rings. The van der Waals surface area contributed by atoms with Gasteiger partial charge in [-0.25, -0.2) is 0 Å². The van der Waals surface area contributed by atoms with E-state index in [1.165, 1.54) is 5.57 Å². The highest BCUT2D eigenvalue weighted by Gasteiger charge is 2.29. The largest absolute Gasteiger partial charge is 0.329 e. The van der Waals surface area contributed by atoms with Crippen LogP contribution >= 0.6 is 0 Å². The van der Waals surface area contributed by atoms with Gasteiger partial charge in [0.1, 0.15) is 0 Å². The number of nitrogens with two attached hydrogens (primary N) is 1. The van der Waals surface area contributed by atoms with E-state index in [1.807, 2.05) is 0 Å². The van der Waals surface area contributed by atoms with Crippen LogP contribution in [0.3, 0.4) is 0 Å². The topological polar surface area (TPSA) is 38.0 Å². The van der Waals surface area contributed by atoms with Gasteiger partial charge < -0.3 is 11.1 Å². The molecule has 0 unspecified atom stereocenters. The fraction of sp³-hybridized carbons (Fsp3) is 0.857. The van der Waals surface area contributed by atoms with Gasteiger partial charge >= 0.3 is 0 Å². The molecule has 0 heterocycles. The minimum atomic E-state index is 0.0846. The van der Waals surface area contributed by atoms with Crippen molar-refractivity contribution in [1.82, 2.24) is 5.32 Å². The third-order valence-electron chi connectivity index (χ3n) is 2.75. The Morgan fingerprint density at radius 1 is 1.19 bits per heavy atom. The molecule has 0 saturated carbocycles. The highest BCUT2D eigenvalue weighted by atomic mass is 15.0. The molecule has 3 N–H and O–H groups in total. The monoisotopic (exact) mass is 226 g/mol. The fourth-order valence-corrected chi connectivity index (χ4v) is 2.37. The third-order valence-corrected chi connectivity index (χ3v) is 2.75. The van der Waals surface area contributed by atoms with Crippen LogP contribution in [0.1, 0.15) is 47.5 Å². The summed E-state index contributed by atoms with van der Waals surface area (Å²) in [6.45, 7) is 16.6. The van der Waals surface area contributed by atoms with Gasteiger partial charge in [-0.2, -0.15) is 0 Å². The first-order valence-electron chi connectivity index (χ1n) is 6.41. The zero-order valence-corrected chi connectivity index (χ0v) is 11.8. The van der Waals surface area contributed by atoms with Crippen molar-refractivity contribution in [2.75, 3.05) is 13.1 Å². The Hall–Kier alpha value is -0.340. The van der Waals surface area contributed by atoms with Crippen LogP contribution in [-0.2, 0) is 0 Å². The molecule has 96 valence electrons. The minimum absolute atomic E-state index is 0.0846. The van der Waals surface area contributed by atoms with Crippen molar-refractivity contribution in [3.05, 3.63) is 12.2 Å². The summed E-state index contributed by atoms with van der Waals surface area (Å²) in [6, 6.07) is 0. The second kappa shape index (κ2) is 7.08. The first kappa shape index (κ1) is 15.7. The summed E-state index contributed by atoms with van der Waals surface area (Å²) in [7, 11) is 0. The maximum Gasteiger partial charge on any atom is 0.0311 e. The van der Waals surface area contributed by atoms with Crippen LogP contribution in [0, 0.1) is 11.8 Å². The van der Waals surface area contributed by atoms with Crippen molar-refractivity contribution >= 4 is 0 Å². The summed E-state index contributed by atoms with van der Waals surface area (Å²) in [5, 5.41) is 3.62. The summed E-state index contributed by atoms with van der Waals surface area (Å²) >= 11 is 0. The van der Waals surface area contributed by atoms with Gasteiger partial charge in [-0.1, -0.05) is 39.8 Å². The summed E-state index contributed by atoms with van der Waals surface area (Å²) < 4.78 is 0. The Labute approximate surface area is 102 Å². The van der Waals surface area contributed by atoms with Gasteiger partial charge in [-0.3, -0.25) is 0 Å². The maximum atomic E-state index is 6.00. The lowest BCUT2D eigenvalue weighted by molar-refractivity contribution is 0.236. The average Bonchev–Trinajstić information content (AvgIpc) is 2.12. The van der Waals surface area contributed by atoms with Gasteiger partial charge in [0.05, 0.1) is 0 Å². The number of rotatable bonds is 8. The van der Waals surface area contributed by atoms with Crippen LogP contribution in [0.25, 0.3) is 0 Å². The first-order valence-corrected chi connectivity index (χ1v) is 6.41. The standard InChI is InChI=1S/C14H30N2/c1-11(2)7-14(10-15,8-12(3)4)16-9-13(5)6/h11-12,16H,5,7-10,15H2,1-4,6H3. The molecule has 0 rings (SSSR count). The maximum absolute atomic E-state index is 6.00. The van der Waals surface area contributed by atoms with Crippen LogP contribution in [0.5, 0.6) is 0 Å². The van der Waals surface area contributed by atoms with Gasteiger partial charge in [-0.05, 0) is 31.6 Å². The summed E-state index contributed by atoms with van der Waals surface area (Å²) in [6.07, 6.45) is 2.27. The van der Waals surface area contributed by atoms with Gasteiger partial charge in [0, 0.05) is 18.6 Å². The van der Waals surface area contributed by atoms with Crippen LogP contribution in [0.4, 0.5) is 0 Å². The molecule has 16 heavy (non-hydrogen) atoms. The van der Waals surface area contributed by atoms with Crippen molar-refractivity contribution in [1.29, 1.82) is 0 Å². The summed E-state index contributed by atoms with van der Waals surface area (Å²) in [5.74, 6) is 1.33. The number of nitrogens with one attached hydrogen (secondary N) is 1. The predicted octanol–water partition coefficient (Wildman–Crippen LogP) is 2.94. The second-order valence-electron chi connectivity index (χ2n) is 5.99. The molecular formula is C14H30N2. The normalized spacial score (nSPS) is 12.5. The smallest absolute Gasteiger partial charge is 0.0311 e. The quantitative estimate of drug-likeness (QED) is 0.625. The molecule has 2 heteroatoms. The summed E-state index contributed by atoms with van der Waals surface area (Å²) in [4.78, 5) is 0. The van der Waals surface area contributed by atoms with E-state index >= 15 is 0 Å². The van der Waals surface area contributed by atoms with E-state index in [9.17, 15) is 0 Å². The zero-order valence-electron chi connectivity index (χ0n) is 11.8. The summed E-state index contributed by atoms with van der Waals surface area (Å²) in [5.41, 5.74) is 7.25. The van der Waals surface area contributed by atoms with E-state index in [1.54, 1.807) is 0 Å². The Kier molecular flexibility index (Phi) is 6.93. The van der Waals surface area contributed by atoms with Gasteiger partial charge in [0.15, 0.2) is 0 Å². The predicted molar refractivity (Wildman–Crippen MR) is 73.5 cm³/mol. The molecule has 0 radical (unpaired) electrons. The molecule has 0 bridgehead atoms. The molecular weight excluding hydrogens is 196 g/mol. The zero-order chi connectivity index (χ0) is 12.8. The van der Waals surface area contributed by atoms with E-state index < -0.39 is 0 Å². The molecule has 0 aromatic rings. The molecule has 0 aromatic carbocycles. The van der Waals surface area contributed by atoms with E-state index in [0.717, 1.165) is 19.4 Å². The fourth-order valence-electron chi connectivity index (χ4n) is 2.37. The van der Waals surface area contributed by atoms with Crippen LogP contribution in [0.2, 0.25) is 0 Å². The Bertz CT molecular complexity index is 197. The van der Waals surface area contributed by atoms with Crippen molar-refractivity contribution in [2.24, 2.45) is 17.6 Å². The molecule has 0 saturated heterocycles. The molecule has 0 fully saturated rings. The van der Waals surface area contributed by atoms with Gasteiger partial charge in [0.2, 0.25) is 0 Å². The lowest BCUT2D eigenvalue weighted by Crippen LogP contribution is -2.53. The lowest BCUT2D eigenvalue weighted by Gasteiger charge is -2.37. The van der Waals surface area contributed by atoms with Gasteiger partial charge in [0.25, 0.3) is 0 Å². The molecule has 0 spiro atoms. The van der Waals surface area contributed by atoms with E-state index in [2.05, 4.69) is 46.5 Å². The van der Waals surface area contributed by atoms with E-state index in [4.69, 9.17) is 5.73 Å². The minimum Gasteiger partial charge on any atom is -0.329 e. The average molecular weight is 226 g/mol. The molecule has 0 atom stereocenters. The highest BCUT2D eigenvalue weighted by molar-refractivity contribution is 4.98. The van der Waals surface area contributed by atoms with E-state index in [0.29, 0.717) is 18.4 Å². The molecule has 0 amide bonds. The Morgan fingerprint density at radius 3 is 1.88 bits per heavy atom. The lowest BCUT2D eigenvalue weighted by atomic mass is 9.81. The van der Waals surface area contributed by atoms with Crippen LogP contribution in [-0.4, -0.2) is 18.6 Å². The van der Waals surface area contributed by atoms with Crippen LogP contribution < -0.4 is 11.1 Å². The second-order valence-corrected chi connectivity index (χ2v) is 5.99. The van der Waals surface area contributed by atoms with Gasteiger partial charge in [-0.15, -0.1) is 0 Å². The van der Waals surface area contributed by atoms with Crippen molar-refractivity contribution in [3.8, 4) is 0 Å². The van der Waals surface area contributed by atoms with Crippen molar-refractivity contribution in [3.63, 3.8) is 0 Å². The molecule has 0 aliphatic heterocycles. The van der Waals surface area contributed by atoms with Crippen molar-refractivity contribution < 1.29 is 0 Å². The van der Waals surface area contributed by atoms with E-state index in [-0.39, 0.29) is 5.54 Å². The highest BCUT2D eigenvalue weighted by Crippen LogP contribution is 2.24. The Balaban J connectivity index is 4.59. The molecule has 2 nitrogen and oxygen atoms in total. The first-order chi connectivity index (χ1) is 7.31. The SMILES string of the molecule is C=C(C)CNC(CN)(CC(C)C)CC(C)C.